The van der Waals surface area contributed by atoms with E-state index in [2.05, 4.69) is 20.5 Å². The maximum atomic E-state index is 9.98. The molecule has 1 aliphatic rings. The Morgan fingerprint density at radius 2 is 2.10 bits per heavy atom. The van der Waals surface area contributed by atoms with Crippen molar-refractivity contribution in [1.29, 1.82) is 0 Å². The molecule has 0 aliphatic carbocycles. The molecule has 1 unspecified atom stereocenters. The molecule has 2 rings (SSSR count). The molecule has 1 atom stereocenters. The predicted molar refractivity (Wildman–Crippen MR) is 72.7 cm³/mol. The Labute approximate surface area is 117 Å². The van der Waals surface area contributed by atoms with Gasteiger partial charge >= 0.3 is 6.17 Å². The number of rotatable bonds is 5. The van der Waals surface area contributed by atoms with Crippen LogP contribution in [0, 0.1) is 0 Å². The fraction of sp³-hybridized carbons (Fsp3) is 0.385. The summed E-state index contributed by atoms with van der Waals surface area (Å²) in [6.07, 6.45) is 1.89. The van der Waals surface area contributed by atoms with Crippen LogP contribution in [0.4, 0.5) is 0 Å². The lowest BCUT2D eigenvalue weighted by atomic mass is 10.1. The van der Waals surface area contributed by atoms with Crippen molar-refractivity contribution in [3.63, 3.8) is 0 Å². The average molecular weight is 272 g/mol. The van der Waals surface area contributed by atoms with Crippen LogP contribution in [-0.4, -0.2) is 31.6 Å². The molecule has 0 bridgehead atoms. The molecule has 0 aromatic heterocycles. The van der Waals surface area contributed by atoms with Crippen molar-refractivity contribution in [2.24, 2.45) is 20.5 Å². The Bertz CT molecular complexity index is 578. The maximum Gasteiger partial charge on any atom is 0.313 e. The number of allylic oxidation sites excluding steroid dienone is 1. The Morgan fingerprint density at radius 1 is 1.30 bits per heavy atom. The van der Waals surface area contributed by atoms with Gasteiger partial charge in [0, 0.05) is 14.1 Å². The van der Waals surface area contributed by atoms with Crippen LogP contribution in [-0.2, 0) is 6.42 Å². The molecular formula is C13H16N6O. The smallest absolute Gasteiger partial charge is 0.313 e. The van der Waals surface area contributed by atoms with E-state index in [1.807, 2.05) is 30.3 Å². The van der Waals surface area contributed by atoms with Gasteiger partial charge in [0.25, 0.3) is 0 Å². The molecule has 7 nitrogen and oxygen atoms in total. The highest BCUT2D eigenvalue weighted by atomic mass is 16.5. The molecule has 0 N–H and O–H groups in total. The van der Waals surface area contributed by atoms with Crippen LogP contribution in [0.15, 0.2) is 56.6 Å². The first-order chi connectivity index (χ1) is 9.76. The standard InChI is InChI=1S/C13H16N6O/c1-15-17-9-19(14)13(18-16-2)12-8-7-10-5-3-4-6-11(10)20-12/h3-6,8,13H,7,9H2,1-2H3. The van der Waals surface area contributed by atoms with Gasteiger partial charge in [0.2, 0.25) is 6.67 Å². The van der Waals surface area contributed by atoms with E-state index < -0.39 is 6.17 Å². The molecule has 0 fully saturated rings. The Hall–Kier alpha value is -2.44. The summed E-state index contributed by atoms with van der Waals surface area (Å²) in [7, 11) is 3.08. The van der Waals surface area contributed by atoms with Gasteiger partial charge in [-0.3, -0.25) is 4.70 Å². The summed E-state index contributed by atoms with van der Waals surface area (Å²) in [5, 5.41) is 15.0. The Balaban J connectivity index is 2.19. The van der Waals surface area contributed by atoms with Gasteiger partial charge in [-0.2, -0.15) is 10.2 Å². The zero-order valence-electron chi connectivity index (χ0n) is 11.5. The number of benzene rings is 1. The van der Waals surface area contributed by atoms with Crippen molar-refractivity contribution in [1.82, 2.24) is 0 Å². The number of nitrogens with zero attached hydrogens (tertiary/aromatic N) is 6. The summed E-state index contributed by atoms with van der Waals surface area (Å²) < 4.78 is 6.71. The third-order valence-electron chi connectivity index (χ3n) is 2.83. The van der Waals surface area contributed by atoms with Crippen molar-refractivity contribution in [2.75, 3.05) is 20.8 Å². The zero-order chi connectivity index (χ0) is 14.4. The Morgan fingerprint density at radius 3 is 2.85 bits per heavy atom. The molecule has 1 aromatic carbocycles. The Kier molecular flexibility index (Phi) is 4.65. The number of fused-ring (bicyclic) bond motifs is 1. The molecule has 7 heteroatoms. The average Bonchev–Trinajstić information content (AvgIpc) is 2.49. The van der Waals surface area contributed by atoms with Crippen molar-refractivity contribution < 1.29 is 9.43 Å². The molecule has 0 spiro atoms. The fourth-order valence-corrected chi connectivity index (χ4v) is 1.89. The summed E-state index contributed by atoms with van der Waals surface area (Å²) >= 11 is 0. The van der Waals surface area contributed by atoms with Gasteiger partial charge in [-0.1, -0.05) is 18.2 Å². The van der Waals surface area contributed by atoms with E-state index in [0.717, 1.165) is 22.4 Å². The second-order valence-electron chi connectivity index (χ2n) is 4.13. The number of hydrogen-bond donors (Lipinski definition) is 0. The van der Waals surface area contributed by atoms with Gasteiger partial charge in [0.1, 0.15) is 5.75 Å². The van der Waals surface area contributed by atoms with E-state index >= 15 is 0 Å². The van der Waals surface area contributed by atoms with Crippen LogP contribution >= 0.6 is 0 Å². The lowest BCUT2D eigenvalue weighted by Gasteiger charge is -2.21. The van der Waals surface area contributed by atoms with Crippen LogP contribution in [0.5, 0.6) is 5.75 Å². The van der Waals surface area contributed by atoms with Crippen LogP contribution in [0.1, 0.15) is 5.56 Å². The van der Waals surface area contributed by atoms with Crippen LogP contribution < -0.4 is 4.74 Å². The maximum absolute atomic E-state index is 9.98. The van der Waals surface area contributed by atoms with E-state index in [1.165, 1.54) is 7.05 Å². The summed E-state index contributed by atoms with van der Waals surface area (Å²) in [5.41, 5.74) is 11.1. The molecule has 0 saturated carbocycles. The van der Waals surface area contributed by atoms with E-state index in [4.69, 9.17) is 4.74 Å². The molecule has 0 saturated heterocycles. The second kappa shape index (κ2) is 6.65. The summed E-state index contributed by atoms with van der Waals surface area (Å²) in [5.74, 6) is 1.30. The van der Waals surface area contributed by atoms with Crippen molar-refractivity contribution in [3.8, 4) is 5.75 Å². The molecule has 20 heavy (non-hydrogen) atoms. The summed E-state index contributed by atoms with van der Waals surface area (Å²) in [4.78, 5) is 0. The molecule has 104 valence electrons. The number of para-hydroxylation sites is 1. The minimum Gasteiger partial charge on any atom is -0.503 e. The fourth-order valence-electron chi connectivity index (χ4n) is 1.89. The van der Waals surface area contributed by atoms with Gasteiger partial charge in [-0.05, 0) is 24.1 Å². The minimum absolute atomic E-state index is 0.00251. The summed E-state index contributed by atoms with van der Waals surface area (Å²) in [6, 6.07) is 7.75. The van der Waals surface area contributed by atoms with Gasteiger partial charge in [0.15, 0.2) is 5.76 Å². The first-order valence-electron chi connectivity index (χ1n) is 6.22. The highest BCUT2D eigenvalue weighted by Gasteiger charge is 2.26. The van der Waals surface area contributed by atoms with Gasteiger partial charge in [-0.25, -0.2) is 0 Å². The summed E-state index contributed by atoms with van der Waals surface area (Å²) in [6.45, 7) is 0.00251. The molecule has 0 radical (unpaired) electrons. The van der Waals surface area contributed by atoms with Crippen molar-refractivity contribution in [3.05, 3.63) is 47.2 Å². The van der Waals surface area contributed by atoms with Crippen LogP contribution in [0.3, 0.4) is 0 Å². The third-order valence-corrected chi connectivity index (χ3v) is 2.83. The molecule has 0 amide bonds. The minimum atomic E-state index is -0.723. The molecule has 1 aromatic rings. The van der Waals surface area contributed by atoms with Gasteiger partial charge < -0.3 is 10.3 Å². The van der Waals surface area contributed by atoms with Crippen LogP contribution in [0.25, 0.3) is 5.53 Å². The number of ether oxygens (including phenoxy) is 1. The van der Waals surface area contributed by atoms with E-state index in [9.17, 15) is 5.53 Å². The lowest BCUT2D eigenvalue weighted by molar-refractivity contribution is -0.579. The normalized spacial score (nSPS) is 15.8. The van der Waals surface area contributed by atoms with Gasteiger partial charge in [0.05, 0.1) is 0 Å². The quantitative estimate of drug-likeness (QED) is 0.599. The first-order valence-corrected chi connectivity index (χ1v) is 6.22. The molecule has 1 aliphatic heterocycles. The number of azo groups is 2. The lowest BCUT2D eigenvalue weighted by Crippen LogP contribution is -2.28. The third kappa shape index (κ3) is 3.11. The first kappa shape index (κ1) is 14.0. The van der Waals surface area contributed by atoms with Crippen molar-refractivity contribution in [2.45, 2.75) is 12.6 Å². The highest BCUT2D eigenvalue weighted by Crippen LogP contribution is 2.28. The van der Waals surface area contributed by atoms with Crippen LogP contribution in [0.2, 0.25) is 0 Å². The topological polar surface area (TPSA) is 84.0 Å². The second-order valence-corrected chi connectivity index (χ2v) is 4.13. The van der Waals surface area contributed by atoms with Crippen molar-refractivity contribution >= 4 is 0 Å². The van der Waals surface area contributed by atoms with E-state index in [0.29, 0.717) is 5.76 Å². The molecule has 1 heterocycles. The monoisotopic (exact) mass is 272 g/mol. The van der Waals surface area contributed by atoms with E-state index in [1.54, 1.807) is 7.05 Å². The largest absolute Gasteiger partial charge is 0.503 e. The van der Waals surface area contributed by atoms with Gasteiger partial charge in [-0.15, -0.1) is 10.2 Å². The zero-order valence-corrected chi connectivity index (χ0v) is 11.5. The molecular weight excluding hydrogens is 256 g/mol. The highest BCUT2D eigenvalue weighted by molar-refractivity contribution is 5.39. The predicted octanol–water partition coefficient (Wildman–Crippen LogP) is 2.99. The SMILES string of the molecule is CN=NC[N+](=[N-])C(N=NC)C1=CCc2ccccc2O1. The van der Waals surface area contributed by atoms with E-state index in [-0.39, 0.29) is 6.67 Å². The number of hydrogen-bond acceptors (Lipinski definition) is 5.